The van der Waals surface area contributed by atoms with Crippen molar-refractivity contribution in [3.63, 3.8) is 0 Å². The molecular weight excluding hydrogens is 238 g/mol. The van der Waals surface area contributed by atoms with Crippen LogP contribution < -0.4 is 11.3 Å². The van der Waals surface area contributed by atoms with Crippen LogP contribution >= 0.6 is 0 Å². The fourth-order valence-corrected chi connectivity index (χ4v) is 3.01. The van der Waals surface area contributed by atoms with E-state index >= 15 is 0 Å². The van der Waals surface area contributed by atoms with Crippen molar-refractivity contribution in [1.82, 2.24) is 10.3 Å². The minimum atomic E-state index is 0.0336. The number of nitrogens with one attached hydrogen (secondary N) is 1. The van der Waals surface area contributed by atoms with Crippen molar-refractivity contribution in [2.24, 2.45) is 5.84 Å². The van der Waals surface area contributed by atoms with Crippen molar-refractivity contribution in [1.29, 1.82) is 0 Å². The summed E-state index contributed by atoms with van der Waals surface area (Å²) in [5.74, 6) is 6.79. The zero-order chi connectivity index (χ0) is 13.7. The SMILES string of the molecule is CC(C)(C(Cc1ccco1)NN)N1CCCCCC1. The summed E-state index contributed by atoms with van der Waals surface area (Å²) in [6, 6.07) is 4.14. The Hall–Kier alpha value is -0.840. The number of hydrogen-bond donors (Lipinski definition) is 2. The number of furan rings is 1. The van der Waals surface area contributed by atoms with Crippen LogP contribution in [0, 0.1) is 0 Å². The van der Waals surface area contributed by atoms with Gasteiger partial charge in [0.15, 0.2) is 0 Å². The maximum Gasteiger partial charge on any atom is 0.105 e. The summed E-state index contributed by atoms with van der Waals surface area (Å²) in [6.07, 6.45) is 7.84. The zero-order valence-corrected chi connectivity index (χ0v) is 12.2. The van der Waals surface area contributed by atoms with E-state index in [0.29, 0.717) is 0 Å². The Balaban J connectivity index is 2.05. The first-order valence-electron chi connectivity index (χ1n) is 7.38. The Morgan fingerprint density at radius 1 is 1.32 bits per heavy atom. The van der Waals surface area contributed by atoms with E-state index in [2.05, 4.69) is 24.2 Å². The Morgan fingerprint density at radius 2 is 2.00 bits per heavy atom. The Labute approximate surface area is 116 Å². The van der Waals surface area contributed by atoms with Gasteiger partial charge >= 0.3 is 0 Å². The molecule has 4 nitrogen and oxygen atoms in total. The first-order chi connectivity index (χ1) is 9.14. The molecular formula is C15H27N3O. The summed E-state index contributed by atoms with van der Waals surface area (Å²) in [5.41, 5.74) is 3.03. The molecule has 0 aromatic carbocycles. The first-order valence-corrected chi connectivity index (χ1v) is 7.38. The second kappa shape index (κ2) is 6.55. The van der Waals surface area contributed by atoms with E-state index < -0.39 is 0 Å². The highest BCUT2D eigenvalue weighted by Crippen LogP contribution is 2.25. The smallest absolute Gasteiger partial charge is 0.105 e. The quantitative estimate of drug-likeness (QED) is 0.633. The van der Waals surface area contributed by atoms with Gasteiger partial charge in [0.25, 0.3) is 0 Å². The van der Waals surface area contributed by atoms with Crippen LogP contribution in [0.5, 0.6) is 0 Å². The van der Waals surface area contributed by atoms with Crippen LogP contribution in [0.2, 0.25) is 0 Å². The molecule has 19 heavy (non-hydrogen) atoms. The van der Waals surface area contributed by atoms with Crippen LogP contribution in [-0.4, -0.2) is 29.6 Å². The lowest BCUT2D eigenvalue weighted by molar-refractivity contribution is 0.0814. The van der Waals surface area contributed by atoms with Crippen LogP contribution in [-0.2, 0) is 6.42 Å². The number of nitrogens with zero attached hydrogens (tertiary/aromatic N) is 1. The van der Waals surface area contributed by atoms with Gasteiger partial charge in [-0.25, -0.2) is 0 Å². The predicted octanol–water partition coefficient (Wildman–Crippen LogP) is 2.31. The maximum atomic E-state index is 5.80. The summed E-state index contributed by atoms with van der Waals surface area (Å²) >= 11 is 0. The standard InChI is InChI=1S/C15H27N3O/c1-15(2,18-9-5-3-4-6-10-18)14(17-16)12-13-8-7-11-19-13/h7-8,11,14,17H,3-6,9-10,12,16H2,1-2H3. The third-order valence-electron chi connectivity index (χ3n) is 4.46. The molecule has 1 aliphatic rings. The molecule has 0 radical (unpaired) electrons. The predicted molar refractivity (Wildman–Crippen MR) is 77.6 cm³/mol. The molecule has 3 N–H and O–H groups in total. The third kappa shape index (κ3) is 3.59. The molecule has 0 bridgehead atoms. The zero-order valence-electron chi connectivity index (χ0n) is 12.2. The molecule has 0 aliphatic carbocycles. The van der Waals surface area contributed by atoms with E-state index in [1.54, 1.807) is 6.26 Å². The molecule has 1 aromatic heterocycles. The largest absolute Gasteiger partial charge is 0.469 e. The highest BCUT2D eigenvalue weighted by Gasteiger charge is 2.35. The fraction of sp³-hybridized carbons (Fsp3) is 0.733. The van der Waals surface area contributed by atoms with Gasteiger partial charge in [-0.3, -0.25) is 16.2 Å². The van der Waals surface area contributed by atoms with Crippen LogP contribution in [0.25, 0.3) is 0 Å². The summed E-state index contributed by atoms with van der Waals surface area (Å²) in [7, 11) is 0. The van der Waals surface area contributed by atoms with Crippen molar-refractivity contribution in [3.05, 3.63) is 24.2 Å². The van der Waals surface area contributed by atoms with Gasteiger partial charge in [-0.1, -0.05) is 12.8 Å². The van der Waals surface area contributed by atoms with Gasteiger partial charge in [-0.15, -0.1) is 0 Å². The average Bonchev–Trinajstić information content (AvgIpc) is 2.74. The Morgan fingerprint density at radius 3 is 2.53 bits per heavy atom. The number of hydrogen-bond acceptors (Lipinski definition) is 4. The average molecular weight is 265 g/mol. The number of rotatable bonds is 5. The van der Waals surface area contributed by atoms with Crippen molar-refractivity contribution >= 4 is 0 Å². The van der Waals surface area contributed by atoms with Gasteiger partial charge in [0.2, 0.25) is 0 Å². The van der Waals surface area contributed by atoms with Gasteiger partial charge in [0.1, 0.15) is 5.76 Å². The molecule has 4 heteroatoms. The highest BCUT2D eigenvalue weighted by atomic mass is 16.3. The molecule has 0 saturated carbocycles. The normalized spacial score (nSPS) is 20.2. The maximum absolute atomic E-state index is 5.80. The van der Waals surface area contributed by atoms with Crippen molar-refractivity contribution < 1.29 is 4.42 Å². The fourth-order valence-electron chi connectivity index (χ4n) is 3.01. The molecule has 1 fully saturated rings. The molecule has 1 atom stereocenters. The van der Waals surface area contributed by atoms with Crippen molar-refractivity contribution in [3.8, 4) is 0 Å². The summed E-state index contributed by atoms with van der Waals surface area (Å²) < 4.78 is 5.46. The summed E-state index contributed by atoms with van der Waals surface area (Å²) in [4.78, 5) is 2.58. The van der Waals surface area contributed by atoms with Crippen LogP contribution in [0.4, 0.5) is 0 Å². The molecule has 0 spiro atoms. The molecule has 2 heterocycles. The van der Waals surface area contributed by atoms with Gasteiger partial charge in [-0.2, -0.15) is 0 Å². The molecule has 1 saturated heterocycles. The summed E-state index contributed by atoms with van der Waals surface area (Å²) in [5, 5.41) is 0. The Bertz CT molecular complexity index is 353. The first kappa shape index (κ1) is 14.6. The van der Waals surface area contributed by atoms with Gasteiger partial charge in [0, 0.05) is 18.0 Å². The van der Waals surface area contributed by atoms with Gasteiger partial charge in [0.05, 0.1) is 6.26 Å². The van der Waals surface area contributed by atoms with Crippen molar-refractivity contribution in [2.45, 2.75) is 57.5 Å². The summed E-state index contributed by atoms with van der Waals surface area (Å²) in [6.45, 7) is 6.91. The Kier molecular flexibility index (Phi) is 5.02. The number of likely N-dealkylation sites (tertiary alicyclic amines) is 1. The van der Waals surface area contributed by atoms with E-state index in [1.165, 1.54) is 38.8 Å². The number of nitrogens with two attached hydrogens (primary N) is 1. The topological polar surface area (TPSA) is 54.4 Å². The van der Waals surface area contributed by atoms with Crippen LogP contribution in [0.1, 0.15) is 45.3 Å². The lowest BCUT2D eigenvalue weighted by Crippen LogP contribution is -2.60. The van der Waals surface area contributed by atoms with E-state index in [-0.39, 0.29) is 11.6 Å². The lowest BCUT2D eigenvalue weighted by Gasteiger charge is -2.43. The van der Waals surface area contributed by atoms with Gasteiger partial charge < -0.3 is 4.42 Å². The van der Waals surface area contributed by atoms with Crippen LogP contribution in [0.15, 0.2) is 22.8 Å². The minimum absolute atomic E-state index is 0.0336. The third-order valence-corrected chi connectivity index (χ3v) is 4.46. The second-order valence-corrected chi connectivity index (χ2v) is 6.06. The van der Waals surface area contributed by atoms with E-state index in [9.17, 15) is 0 Å². The molecule has 0 amide bonds. The molecule has 1 aromatic rings. The highest BCUT2D eigenvalue weighted by molar-refractivity contribution is 5.05. The number of hydrazine groups is 1. The van der Waals surface area contributed by atoms with Crippen LogP contribution in [0.3, 0.4) is 0 Å². The van der Waals surface area contributed by atoms with Gasteiger partial charge in [-0.05, 0) is 51.9 Å². The molecule has 2 rings (SSSR count). The second-order valence-electron chi connectivity index (χ2n) is 6.06. The van der Waals surface area contributed by atoms with E-state index in [1.807, 2.05) is 12.1 Å². The lowest BCUT2D eigenvalue weighted by atomic mass is 9.89. The monoisotopic (exact) mass is 265 g/mol. The molecule has 108 valence electrons. The molecule has 1 aliphatic heterocycles. The molecule has 1 unspecified atom stereocenters. The minimum Gasteiger partial charge on any atom is -0.469 e. The van der Waals surface area contributed by atoms with E-state index in [0.717, 1.165) is 12.2 Å². The van der Waals surface area contributed by atoms with Crippen molar-refractivity contribution in [2.75, 3.05) is 13.1 Å². The van der Waals surface area contributed by atoms with E-state index in [4.69, 9.17) is 10.3 Å².